The Morgan fingerprint density at radius 2 is 1.95 bits per heavy atom. The molecule has 0 saturated carbocycles. The van der Waals surface area contributed by atoms with Gasteiger partial charge in [0.2, 0.25) is 0 Å². The molecule has 0 aromatic heterocycles. The molecule has 1 N–H and O–H groups in total. The fraction of sp³-hybridized carbons (Fsp3) is 0.667. The molecule has 21 heavy (non-hydrogen) atoms. The van der Waals surface area contributed by atoms with Gasteiger partial charge in [0.05, 0.1) is 0 Å². The number of anilines is 1. The van der Waals surface area contributed by atoms with E-state index in [1.807, 2.05) is 0 Å². The van der Waals surface area contributed by atoms with Crippen LogP contribution in [-0.2, 0) is 0 Å². The van der Waals surface area contributed by atoms with Crippen LogP contribution in [-0.4, -0.2) is 44.2 Å². The van der Waals surface area contributed by atoms with Gasteiger partial charge in [-0.05, 0) is 38.1 Å². The van der Waals surface area contributed by atoms with Crippen LogP contribution in [0, 0.1) is 0 Å². The van der Waals surface area contributed by atoms with Crippen LogP contribution in [0.4, 0.5) is 5.69 Å². The van der Waals surface area contributed by atoms with Crippen LogP contribution in [0.3, 0.4) is 0 Å². The first-order valence-electron chi connectivity index (χ1n) is 8.48. The van der Waals surface area contributed by atoms with Crippen molar-refractivity contribution in [1.82, 2.24) is 10.2 Å². The molecule has 2 unspecified atom stereocenters. The van der Waals surface area contributed by atoms with Gasteiger partial charge in [-0.25, -0.2) is 0 Å². The molecule has 0 aliphatic carbocycles. The van der Waals surface area contributed by atoms with Crippen LogP contribution in [0.5, 0.6) is 0 Å². The zero-order valence-corrected chi connectivity index (χ0v) is 14.1. The van der Waals surface area contributed by atoms with E-state index >= 15 is 0 Å². The molecule has 0 amide bonds. The number of hydrogen-bond donors (Lipinski definition) is 1. The second-order valence-electron chi connectivity index (χ2n) is 6.07. The molecule has 0 bridgehead atoms. The normalized spacial score (nSPS) is 21.5. The molecule has 1 aromatic rings. The van der Waals surface area contributed by atoms with Crippen LogP contribution in [0.15, 0.2) is 24.3 Å². The molecular weight excluding hydrogens is 258 g/mol. The van der Waals surface area contributed by atoms with Crippen molar-refractivity contribution in [3.63, 3.8) is 0 Å². The van der Waals surface area contributed by atoms with Gasteiger partial charge in [0, 0.05) is 37.4 Å². The number of benzene rings is 1. The Kier molecular flexibility index (Phi) is 6.07. The molecule has 1 saturated heterocycles. The molecule has 1 fully saturated rings. The van der Waals surface area contributed by atoms with Crippen molar-refractivity contribution in [2.24, 2.45) is 0 Å². The first kappa shape index (κ1) is 16.3. The molecule has 1 aromatic carbocycles. The summed E-state index contributed by atoms with van der Waals surface area (Å²) in [6.45, 7) is 11.2. The number of piperazine rings is 1. The Morgan fingerprint density at radius 1 is 1.19 bits per heavy atom. The van der Waals surface area contributed by atoms with Gasteiger partial charge in [0.15, 0.2) is 0 Å². The summed E-state index contributed by atoms with van der Waals surface area (Å²) in [4.78, 5) is 5.09. The third kappa shape index (κ3) is 3.78. The van der Waals surface area contributed by atoms with Crippen molar-refractivity contribution in [2.45, 2.75) is 45.7 Å². The molecular formula is C18H31N3. The van der Waals surface area contributed by atoms with Gasteiger partial charge in [-0.1, -0.05) is 39.0 Å². The average Bonchev–Trinajstić information content (AvgIpc) is 2.53. The second-order valence-corrected chi connectivity index (χ2v) is 6.07. The molecule has 3 heteroatoms. The number of hydrogen-bond acceptors (Lipinski definition) is 3. The van der Waals surface area contributed by atoms with E-state index in [1.165, 1.54) is 17.7 Å². The first-order chi connectivity index (χ1) is 10.2. The van der Waals surface area contributed by atoms with Gasteiger partial charge in [0.1, 0.15) is 0 Å². The topological polar surface area (TPSA) is 18.5 Å². The highest BCUT2D eigenvalue weighted by molar-refractivity contribution is 5.55. The van der Waals surface area contributed by atoms with Gasteiger partial charge < -0.3 is 10.2 Å². The van der Waals surface area contributed by atoms with E-state index < -0.39 is 0 Å². The molecule has 118 valence electrons. The fourth-order valence-corrected chi connectivity index (χ4v) is 3.40. The molecule has 1 heterocycles. The van der Waals surface area contributed by atoms with Gasteiger partial charge >= 0.3 is 0 Å². The van der Waals surface area contributed by atoms with Gasteiger partial charge in [0.25, 0.3) is 0 Å². The number of likely N-dealkylation sites (N-methyl/N-ethyl adjacent to an activating group) is 1. The minimum Gasteiger partial charge on any atom is -0.368 e. The summed E-state index contributed by atoms with van der Waals surface area (Å²) in [6, 6.07) is 10.1. The Hall–Kier alpha value is -1.06. The summed E-state index contributed by atoms with van der Waals surface area (Å²) in [5.74, 6) is 0. The quantitative estimate of drug-likeness (QED) is 0.867. The second kappa shape index (κ2) is 7.81. The Morgan fingerprint density at radius 3 is 2.62 bits per heavy atom. The van der Waals surface area contributed by atoms with Crippen LogP contribution in [0.1, 0.15) is 45.2 Å². The minimum atomic E-state index is 0.464. The summed E-state index contributed by atoms with van der Waals surface area (Å²) in [7, 11) is 2.25. The molecule has 1 aliphatic rings. The monoisotopic (exact) mass is 289 g/mol. The highest BCUT2D eigenvalue weighted by Crippen LogP contribution is 2.30. The molecule has 1 aliphatic heterocycles. The standard InChI is InChI=1S/C18H31N3/c1-5-15-14-21(13-12-20(15)4)18-11-9-8-10-16(18)17(6-2)19-7-3/h8-11,15,17,19H,5-7,12-14H2,1-4H3. The third-order valence-electron chi connectivity index (χ3n) is 4.76. The molecule has 3 nitrogen and oxygen atoms in total. The Balaban J connectivity index is 2.23. The van der Waals surface area contributed by atoms with E-state index in [0.717, 1.165) is 32.6 Å². The van der Waals surface area contributed by atoms with Crippen molar-refractivity contribution in [3.8, 4) is 0 Å². The van der Waals surface area contributed by atoms with Gasteiger partial charge in [-0.3, -0.25) is 4.90 Å². The molecule has 0 spiro atoms. The van der Waals surface area contributed by atoms with Gasteiger partial charge in [-0.2, -0.15) is 0 Å². The predicted molar refractivity (Wildman–Crippen MR) is 92.1 cm³/mol. The first-order valence-corrected chi connectivity index (χ1v) is 8.48. The number of nitrogens with zero attached hydrogens (tertiary/aromatic N) is 2. The lowest BCUT2D eigenvalue weighted by molar-refractivity contribution is 0.213. The van der Waals surface area contributed by atoms with Gasteiger partial charge in [-0.15, -0.1) is 0 Å². The van der Waals surface area contributed by atoms with E-state index in [-0.39, 0.29) is 0 Å². The zero-order chi connectivity index (χ0) is 15.2. The average molecular weight is 289 g/mol. The van der Waals surface area contributed by atoms with Crippen molar-refractivity contribution in [3.05, 3.63) is 29.8 Å². The maximum absolute atomic E-state index is 3.62. The fourth-order valence-electron chi connectivity index (χ4n) is 3.40. The predicted octanol–water partition coefficient (Wildman–Crippen LogP) is 3.28. The summed E-state index contributed by atoms with van der Waals surface area (Å²) >= 11 is 0. The summed E-state index contributed by atoms with van der Waals surface area (Å²) in [5.41, 5.74) is 2.89. The Bertz CT molecular complexity index is 432. The Labute approximate surface area is 130 Å². The largest absolute Gasteiger partial charge is 0.368 e. The molecule has 2 atom stereocenters. The highest BCUT2D eigenvalue weighted by Gasteiger charge is 2.25. The van der Waals surface area contributed by atoms with Crippen LogP contribution < -0.4 is 10.2 Å². The van der Waals surface area contributed by atoms with E-state index in [4.69, 9.17) is 0 Å². The lowest BCUT2D eigenvalue weighted by Gasteiger charge is -2.41. The van der Waals surface area contributed by atoms with E-state index in [0.29, 0.717) is 12.1 Å². The van der Waals surface area contributed by atoms with Crippen molar-refractivity contribution in [2.75, 3.05) is 38.1 Å². The van der Waals surface area contributed by atoms with Crippen molar-refractivity contribution < 1.29 is 0 Å². The highest BCUT2D eigenvalue weighted by atomic mass is 15.3. The summed E-state index contributed by atoms with van der Waals surface area (Å²) in [6.07, 6.45) is 2.36. The van der Waals surface area contributed by atoms with Crippen LogP contribution >= 0.6 is 0 Å². The third-order valence-corrected chi connectivity index (χ3v) is 4.76. The van der Waals surface area contributed by atoms with Crippen molar-refractivity contribution >= 4 is 5.69 Å². The lowest BCUT2D eigenvalue weighted by atomic mass is 10.00. The van der Waals surface area contributed by atoms with Crippen LogP contribution in [0.2, 0.25) is 0 Å². The summed E-state index contributed by atoms with van der Waals surface area (Å²) in [5, 5.41) is 3.62. The van der Waals surface area contributed by atoms with E-state index in [2.05, 4.69) is 67.2 Å². The lowest BCUT2D eigenvalue weighted by Crippen LogP contribution is -2.51. The summed E-state index contributed by atoms with van der Waals surface area (Å²) < 4.78 is 0. The smallest absolute Gasteiger partial charge is 0.0415 e. The molecule has 0 radical (unpaired) electrons. The number of rotatable bonds is 6. The van der Waals surface area contributed by atoms with E-state index in [1.54, 1.807) is 0 Å². The SMILES string of the molecule is CCNC(CC)c1ccccc1N1CCN(C)C(CC)C1. The molecule has 2 rings (SSSR count). The number of para-hydroxylation sites is 1. The maximum Gasteiger partial charge on any atom is 0.0415 e. The minimum absolute atomic E-state index is 0.464. The maximum atomic E-state index is 3.62. The number of nitrogens with one attached hydrogen (secondary N) is 1. The van der Waals surface area contributed by atoms with Crippen LogP contribution in [0.25, 0.3) is 0 Å². The van der Waals surface area contributed by atoms with Crippen molar-refractivity contribution in [1.29, 1.82) is 0 Å². The van der Waals surface area contributed by atoms with E-state index in [9.17, 15) is 0 Å². The zero-order valence-electron chi connectivity index (χ0n) is 14.1.